The third-order valence-corrected chi connectivity index (χ3v) is 5.37. The number of hydrogen-bond donors (Lipinski definition) is 0. The van der Waals surface area contributed by atoms with Gasteiger partial charge < -0.3 is 4.90 Å². The Labute approximate surface area is 164 Å². The van der Waals surface area contributed by atoms with Gasteiger partial charge in [-0.25, -0.2) is 9.97 Å². The van der Waals surface area contributed by atoms with Crippen LogP contribution in [-0.4, -0.2) is 42.1 Å². The molecule has 0 spiro atoms. The lowest BCUT2D eigenvalue weighted by Crippen LogP contribution is -2.40. The normalized spacial score (nSPS) is 17.0. The van der Waals surface area contributed by atoms with E-state index >= 15 is 0 Å². The number of carbonyl (C=O) groups is 1. The summed E-state index contributed by atoms with van der Waals surface area (Å²) in [6.45, 7) is 4.64. The average molecular weight is 376 g/mol. The molecule has 0 N–H and O–H groups in total. The summed E-state index contributed by atoms with van der Waals surface area (Å²) in [6, 6.07) is 3.68. The van der Waals surface area contributed by atoms with Crippen molar-refractivity contribution >= 4 is 5.91 Å². The Kier molecular flexibility index (Phi) is 4.90. The number of aryl methyl sites for hydroxylation is 3. The lowest BCUT2D eigenvalue weighted by Gasteiger charge is -2.36. The Morgan fingerprint density at radius 2 is 1.96 bits per heavy atom. The summed E-state index contributed by atoms with van der Waals surface area (Å²) in [4.78, 5) is 28.7. The van der Waals surface area contributed by atoms with Gasteiger partial charge >= 0.3 is 0 Å². The number of pyridine rings is 1. The Morgan fingerprint density at radius 1 is 1.11 bits per heavy atom. The minimum atomic E-state index is -0.0829. The minimum Gasteiger partial charge on any atom is -0.329 e. The van der Waals surface area contributed by atoms with E-state index in [4.69, 9.17) is 4.98 Å². The fourth-order valence-corrected chi connectivity index (χ4v) is 3.91. The predicted molar refractivity (Wildman–Crippen MR) is 106 cm³/mol. The Bertz CT molecular complexity index is 1010. The van der Waals surface area contributed by atoms with Crippen LogP contribution in [0.4, 0.5) is 0 Å². The van der Waals surface area contributed by atoms with Crippen molar-refractivity contribution in [1.29, 1.82) is 0 Å². The van der Waals surface area contributed by atoms with Crippen LogP contribution in [0.25, 0.3) is 11.1 Å². The number of nitrogens with zero attached hydrogens (tertiary/aromatic N) is 6. The van der Waals surface area contributed by atoms with Gasteiger partial charge in [-0.2, -0.15) is 5.10 Å². The van der Waals surface area contributed by atoms with Crippen molar-refractivity contribution in [2.24, 2.45) is 7.05 Å². The Morgan fingerprint density at radius 3 is 2.71 bits per heavy atom. The third kappa shape index (κ3) is 3.28. The molecule has 4 rings (SSSR count). The molecular formula is C21H24N6O. The maximum Gasteiger partial charge on any atom is 0.272 e. The first-order chi connectivity index (χ1) is 13.6. The van der Waals surface area contributed by atoms with E-state index in [0.717, 1.165) is 41.6 Å². The molecule has 7 heteroatoms. The maximum atomic E-state index is 13.3. The van der Waals surface area contributed by atoms with Crippen molar-refractivity contribution in [1.82, 2.24) is 29.6 Å². The summed E-state index contributed by atoms with van der Waals surface area (Å²) in [5.41, 5.74) is 4.61. The number of likely N-dealkylation sites (tertiary alicyclic amines) is 1. The van der Waals surface area contributed by atoms with Crippen LogP contribution in [-0.2, 0) is 7.05 Å². The molecule has 1 saturated heterocycles. The van der Waals surface area contributed by atoms with E-state index in [9.17, 15) is 4.79 Å². The number of hydrogen-bond acceptors (Lipinski definition) is 5. The summed E-state index contributed by atoms with van der Waals surface area (Å²) in [5.74, 6) is 0.710. The highest BCUT2D eigenvalue weighted by Crippen LogP contribution is 2.37. The summed E-state index contributed by atoms with van der Waals surface area (Å²) in [6.07, 6.45) is 10.1. The highest BCUT2D eigenvalue weighted by Gasteiger charge is 2.33. The van der Waals surface area contributed by atoms with Gasteiger partial charge in [0.05, 0.1) is 11.7 Å². The molecule has 7 nitrogen and oxygen atoms in total. The van der Waals surface area contributed by atoms with Crippen molar-refractivity contribution in [3.63, 3.8) is 0 Å². The molecule has 1 atom stereocenters. The molecule has 1 amide bonds. The summed E-state index contributed by atoms with van der Waals surface area (Å²) in [5, 5.41) is 4.16. The first kappa shape index (κ1) is 18.3. The standard InChI is InChI=1S/C21H24N6O/c1-14-12-22-9-7-16(14)17-13-23-15(2)25-20(17)18-6-4-5-11-27(18)21(28)19-8-10-24-26(19)3/h7-10,12-13,18H,4-6,11H2,1-3H3. The highest BCUT2D eigenvalue weighted by atomic mass is 16.2. The van der Waals surface area contributed by atoms with Gasteiger partial charge in [0, 0.05) is 43.9 Å². The molecule has 1 aliphatic rings. The van der Waals surface area contributed by atoms with E-state index in [1.54, 1.807) is 30.2 Å². The number of aromatic nitrogens is 5. The zero-order chi connectivity index (χ0) is 19.7. The van der Waals surface area contributed by atoms with Crippen molar-refractivity contribution in [2.75, 3.05) is 6.54 Å². The molecular weight excluding hydrogens is 352 g/mol. The van der Waals surface area contributed by atoms with Crippen molar-refractivity contribution in [3.05, 3.63) is 59.7 Å². The summed E-state index contributed by atoms with van der Waals surface area (Å²) < 4.78 is 1.63. The number of piperidine rings is 1. The van der Waals surface area contributed by atoms with Gasteiger partial charge in [-0.15, -0.1) is 0 Å². The largest absolute Gasteiger partial charge is 0.329 e. The first-order valence-electron chi connectivity index (χ1n) is 9.59. The molecule has 1 aliphatic heterocycles. The molecule has 1 fully saturated rings. The number of rotatable bonds is 3. The molecule has 0 saturated carbocycles. The molecule has 1 unspecified atom stereocenters. The highest BCUT2D eigenvalue weighted by molar-refractivity contribution is 5.93. The van der Waals surface area contributed by atoms with E-state index in [1.807, 2.05) is 37.2 Å². The molecule has 28 heavy (non-hydrogen) atoms. The quantitative estimate of drug-likeness (QED) is 0.701. The van der Waals surface area contributed by atoms with Gasteiger partial charge in [-0.3, -0.25) is 14.5 Å². The van der Waals surface area contributed by atoms with Gasteiger partial charge in [0.15, 0.2) is 0 Å². The molecule has 0 aliphatic carbocycles. The fraction of sp³-hybridized carbons (Fsp3) is 0.381. The zero-order valence-corrected chi connectivity index (χ0v) is 16.5. The van der Waals surface area contributed by atoms with Crippen LogP contribution in [0.3, 0.4) is 0 Å². The molecule has 0 bridgehead atoms. The minimum absolute atomic E-state index is 0.00151. The van der Waals surface area contributed by atoms with Crippen LogP contribution in [0.15, 0.2) is 36.9 Å². The van der Waals surface area contributed by atoms with Gasteiger partial charge in [-0.05, 0) is 56.4 Å². The van der Waals surface area contributed by atoms with Gasteiger partial charge in [0.1, 0.15) is 11.5 Å². The van der Waals surface area contributed by atoms with E-state index in [1.165, 1.54) is 0 Å². The van der Waals surface area contributed by atoms with Crippen molar-refractivity contribution < 1.29 is 4.79 Å². The Hall–Kier alpha value is -3.09. The summed E-state index contributed by atoms with van der Waals surface area (Å²) in [7, 11) is 1.80. The smallest absolute Gasteiger partial charge is 0.272 e. The molecule has 0 aromatic carbocycles. The molecule has 0 radical (unpaired) electrons. The van der Waals surface area contributed by atoms with E-state index in [-0.39, 0.29) is 11.9 Å². The Balaban J connectivity index is 1.80. The van der Waals surface area contributed by atoms with E-state index in [0.29, 0.717) is 18.1 Å². The summed E-state index contributed by atoms with van der Waals surface area (Å²) >= 11 is 0. The lowest BCUT2D eigenvalue weighted by atomic mass is 9.92. The molecule has 3 aromatic rings. The zero-order valence-electron chi connectivity index (χ0n) is 16.5. The SMILES string of the molecule is Cc1ncc(-c2ccncc2C)c(C2CCCCN2C(=O)c2ccnn2C)n1. The molecule has 4 heterocycles. The van der Waals surface area contributed by atoms with Gasteiger partial charge in [-0.1, -0.05) is 0 Å². The van der Waals surface area contributed by atoms with Crippen molar-refractivity contribution in [3.8, 4) is 11.1 Å². The van der Waals surface area contributed by atoms with Crippen LogP contribution < -0.4 is 0 Å². The van der Waals surface area contributed by atoms with Crippen molar-refractivity contribution in [2.45, 2.75) is 39.2 Å². The monoisotopic (exact) mass is 376 g/mol. The second-order valence-electron chi connectivity index (χ2n) is 7.26. The molecule has 144 valence electrons. The number of amides is 1. The number of carbonyl (C=O) groups excluding carboxylic acids is 1. The lowest BCUT2D eigenvalue weighted by molar-refractivity contribution is 0.0595. The topological polar surface area (TPSA) is 76.8 Å². The van der Waals surface area contributed by atoms with E-state index in [2.05, 4.69) is 15.1 Å². The second-order valence-corrected chi connectivity index (χ2v) is 7.26. The van der Waals surface area contributed by atoms with Gasteiger partial charge in [0.2, 0.25) is 0 Å². The van der Waals surface area contributed by atoms with Gasteiger partial charge in [0.25, 0.3) is 5.91 Å². The van der Waals surface area contributed by atoms with Crippen LogP contribution in [0.2, 0.25) is 0 Å². The molecule has 3 aromatic heterocycles. The average Bonchev–Trinajstić information content (AvgIpc) is 3.14. The van der Waals surface area contributed by atoms with E-state index < -0.39 is 0 Å². The van der Waals surface area contributed by atoms with Crippen LogP contribution in [0, 0.1) is 13.8 Å². The maximum absolute atomic E-state index is 13.3. The van der Waals surface area contributed by atoms with Crippen LogP contribution in [0.5, 0.6) is 0 Å². The predicted octanol–water partition coefficient (Wildman–Crippen LogP) is 3.26. The van der Waals surface area contributed by atoms with Crippen LogP contribution >= 0.6 is 0 Å². The first-order valence-corrected chi connectivity index (χ1v) is 9.59. The third-order valence-electron chi connectivity index (χ3n) is 5.37. The van der Waals surface area contributed by atoms with Crippen LogP contribution in [0.1, 0.15) is 52.9 Å². The fourth-order valence-electron chi connectivity index (χ4n) is 3.91. The second kappa shape index (κ2) is 7.50.